The van der Waals surface area contributed by atoms with Gasteiger partial charge in [0.25, 0.3) is 0 Å². The molecule has 29 heavy (non-hydrogen) atoms. The lowest BCUT2D eigenvalue weighted by Gasteiger charge is -2.42. The average Bonchev–Trinajstić information content (AvgIpc) is 3.18. The van der Waals surface area contributed by atoms with Gasteiger partial charge in [0.1, 0.15) is 12.5 Å². The minimum atomic E-state index is -0.636. The molecular weight excluding hydrogens is 366 g/mol. The fourth-order valence-corrected chi connectivity index (χ4v) is 4.79. The van der Waals surface area contributed by atoms with E-state index in [1.165, 1.54) is 0 Å². The van der Waals surface area contributed by atoms with E-state index in [1.807, 2.05) is 30.3 Å². The molecule has 0 spiro atoms. The number of nitrogens with one attached hydrogen (secondary N) is 1. The second-order valence-corrected chi connectivity index (χ2v) is 9.11. The summed E-state index contributed by atoms with van der Waals surface area (Å²) in [5, 5.41) is 3.30. The molecule has 5 nitrogen and oxygen atoms in total. The first-order chi connectivity index (χ1) is 13.9. The van der Waals surface area contributed by atoms with Crippen LogP contribution < -0.4 is 5.32 Å². The lowest BCUT2D eigenvalue weighted by molar-refractivity contribution is -0.151. The van der Waals surface area contributed by atoms with Crippen LogP contribution in [0.15, 0.2) is 53.9 Å². The van der Waals surface area contributed by atoms with Crippen LogP contribution in [0.25, 0.3) is 0 Å². The van der Waals surface area contributed by atoms with Crippen molar-refractivity contribution in [2.24, 2.45) is 11.3 Å². The Hall–Kier alpha value is -2.40. The van der Waals surface area contributed by atoms with Gasteiger partial charge in [0, 0.05) is 35.9 Å². The lowest BCUT2D eigenvalue weighted by atomic mass is 9.66. The van der Waals surface area contributed by atoms with Crippen LogP contribution in [0.4, 0.5) is 0 Å². The second-order valence-electron chi connectivity index (χ2n) is 9.11. The van der Waals surface area contributed by atoms with Gasteiger partial charge in [-0.05, 0) is 30.2 Å². The van der Waals surface area contributed by atoms with Crippen molar-refractivity contribution in [2.45, 2.75) is 51.6 Å². The maximum atomic E-state index is 13.2. The largest absolute Gasteiger partial charge is 0.462 e. The third-order valence-corrected chi connectivity index (χ3v) is 6.10. The zero-order valence-electron chi connectivity index (χ0n) is 17.2. The lowest BCUT2D eigenvalue weighted by Crippen LogP contribution is -2.44. The fraction of sp³-hybridized carbons (Fsp3) is 0.500. The van der Waals surface area contributed by atoms with Crippen molar-refractivity contribution < 1.29 is 19.1 Å². The van der Waals surface area contributed by atoms with E-state index in [4.69, 9.17) is 9.47 Å². The van der Waals surface area contributed by atoms with Gasteiger partial charge in [-0.25, -0.2) is 0 Å². The van der Waals surface area contributed by atoms with Crippen LogP contribution in [0, 0.1) is 11.3 Å². The van der Waals surface area contributed by atoms with Gasteiger partial charge in [0.15, 0.2) is 5.78 Å². The molecule has 4 rings (SSSR count). The molecular formula is C24H29NO4. The number of Topliss-reactive ketones (excluding diaryl/α,β-unsaturated/α-hetero) is 1. The zero-order chi connectivity index (χ0) is 20.6. The summed E-state index contributed by atoms with van der Waals surface area (Å²) >= 11 is 0. The Bertz CT molecular complexity index is 849. The van der Waals surface area contributed by atoms with Crippen molar-refractivity contribution in [3.63, 3.8) is 0 Å². The fourth-order valence-electron chi connectivity index (χ4n) is 4.79. The molecule has 0 amide bonds. The number of allylic oxidation sites excluding steroid dienone is 2. The third-order valence-electron chi connectivity index (χ3n) is 6.10. The maximum absolute atomic E-state index is 13.2. The van der Waals surface area contributed by atoms with Gasteiger partial charge in [-0.2, -0.15) is 0 Å². The van der Waals surface area contributed by atoms with Crippen molar-refractivity contribution in [1.82, 2.24) is 5.32 Å². The molecule has 0 bridgehead atoms. The first-order valence-electron chi connectivity index (χ1n) is 10.4. The Balaban J connectivity index is 1.68. The topological polar surface area (TPSA) is 64.6 Å². The summed E-state index contributed by atoms with van der Waals surface area (Å²) in [5.74, 6) is -1.26. The van der Waals surface area contributed by atoms with Crippen LogP contribution in [-0.4, -0.2) is 31.1 Å². The summed E-state index contributed by atoms with van der Waals surface area (Å²) in [4.78, 5) is 26.3. The molecule has 0 saturated carbocycles. The molecule has 2 heterocycles. The predicted molar refractivity (Wildman–Crippen MR) is 110 cm³/mol. The Labute approximate surface area is 172 Å². The smallest absolute Gasteiger partial charge is 0.315 e. The Kier molecular flexibility index (Phi) is 5.34. The van der Waals surface area contributed by atoms with Gasteiger partial charge in [-0.3, -0.25) is 9.59 Å². The van der Waals surface area contributed by atoms with Gasteiger partial charge in [0.2, 0.25) is 0 Å². The molecule has 1 N–H and O–H groups in total. The summed E-state index contributed by atoms with van der Waals surface area (Å²) in [6, 6.07) is 9.76. The summed E-state index contributed by atoms with van der Waals surface area (Å²) < 4.78 is 11.2. The number of ketones is 1. The van der Waals surface area contributed by atoms with Crippen molar-refractivity contribution in [1.29, 1.82) is 0 Å². The van der Waals surface area contributed by atoms with Gasteiger partial charge in [-0.15, -0.1) is 0 Å². The highest BCUT2D eigenvalue weighted by Crippen LogP contribution is 2.48. The monoisotopic (exact) mass is 395 g/mol. The van der Waals surface area contributed by atoms with Crippen LogP contribution in [0.3, 0.4) is 0 Å². The van der Waals surface area contributed by atoms with E-state index in [2.05, 4.69) is 25.7 Å². The van der Waals surface area contributed by atoms with Crippen LogP contribution >= 0.6 is 0 Å². The third kappa shape index (κ3) is 4.01. The van der Waals surface area contributed by atoms with Gasteiger partial charge < -0.3 is 14.8 Å². The Morgan fingerprint density at radius 3 is 2.72 bits per heavy atom. The number of esters is 1. The van der Waals surface area contributed by atoms with Crippen LogP contribution in [0.5, 0.6) is 0 Å². The average molecular weight is 395 g/mol. The Morgan fingerprint density at radius 2 is 2.03 bits per heavy atom. The molecule has 1 fully saturated rings. The quantitative estimate of drug-likeness (QED) is 0.784. The van der Waals surface area contributed by atoms with E-state index in [0.29, 0.717) is 24.3 Å². The van der Waals surface area contributed by atoms with Crippen molar-refractivity contribution in [3.05, 3.63) is 59.4 Å². The van der Waals surface area contributed by atoms with E-state index in [-0.39, 0.29) is 35.8 Å². The normalized spacial score (nSPS) is 28.7. The molecule has 154 valence electrons. The van der Waals surface area contributed by atoms with E-state index in [0.717, 1.165) is 30.5 Å². The maximum Gasteiger partial charge on any atom is 0.315 e. The molecule has 0 aromatic heterocycles. The number of carbonyl (C=O) groups is 2. The van der Waals surface area contributed by atoms with E-state index in [1.54, 1.807) is 0 Å². The second kappa shape index (κ2) is 7.79. The van der Waals surface area contributed by atoms with E-state index in [9.17, 15) is 9.59 Å². The van der Waals surface area contributed by atoms with E-state index >= 15 is 0 Å². The number of hydrogen-bond donors (Lipinski definition) is 1. The van der Waals surface area contributed by atoms with Crippen molar-refractivity contribution in [3.8, 4) is 0 Å². The van der Waals surface area contributed by atoms with Gasteiger partial charge >= 0.3 is 5.97 Å². The van der Waals surface area contributed by atoms with Crippen molar-refractivity contribution in [2.75, 3.05) is 13.2 Å². The zero-order valence-corrected chi connectivity index (χ0v) is 17.2. The molecule has 2 aliphatic heterocycles. The SMILES string of the molecule is C=C1NC2=C(C(=O)CC(C)(C)C2)C(c2ccccc2)C1C(=O)OCC1CCCO1. The highest BCUT2D eigenvalue weighted by atomic mass is 16.6. The molecule has 3 unspecified atom stereocenters. The number of ether oxygens (including phenoxy) is 2. The Morgan fingerprint density at radius 1 is 1.28 bits per heavy atom. The predicted octanol–water partition coefficient (Wildman–Crippen LogP) is 3.87. The summed E-state index contributed by atoms with van der Waals surface area (Å²) in [7, 11) is 0. The molecule has 3 atom stereocenters. The van der Waals surface area contributed by atoms with Crippen LogP contribution in [0.1, 0.15) is 51.0 Å². The first-order valence-corrected chi connectivity index (χ1v) is 10.4. The van der Waals surface area contributed by atoms with Gasteiger partial charge in [0.05, 0.1) is 6.10 Å². The van der Waals surface area contributed by atoms with Crippen molar-refractivity contribution >= 4 is 11.8 Å². The number of benzene rings is 1. The van der Waals surface area contributed by atoms with Crippen LogP contribution in [-0.2, 0) is 19.1 Å². The molecule has 1 aromatic rings. The number of hydrogen-bond acceptors (Lipinski definition) is 5. The van der Waals surface area contributed by atoms with Gasteiger partial charge in [-0.1, -0.05) is 50.8 Å². The minimum Gasteiger partial charge on any atom is -0.462 e. The summed E-state index contributed by atoms with van der Waals surface area (Å²) in [6.45, 7) is 9.30. The molecule has 5 heteroatoms. The molecule has 3 aliphatic rings. The first kappa shape index (κ1) is 19.9. The summed E-state index contributed by atoms with van der Waals surface area (Å²) in [6.07, 6.45) is 3.09. The summed E-state index contributed by atoms with van der Waals surface area (Å²) in [5.41, 5.74) is 3.03. The molecule has 0 radical (unpaired) electrons. The molecule has 1 aliphatic carbocycles. The van der Waals surface area contributed by atoms with Crippen LogP contribution in [0.2, 0.25) is 0 Å². The molecule has 1 aromatic carbocycles. The molecule has 1 saturated heterocycles. The standard InChI is InChI=1S/C24H29NO4/c1-15-20(23(27)29-14-17-10-7-11-28-17)21(16-8-5-4-6-9-16)22-18(25-15)12-24(2,3)13-19(22)26/h4-6,8-9,17,20-21,25H,1,7,10-14H2,2-3H3. The number of carbonyl (C=O) groups excluding carboxylic acids is 2. The number of rotatable bonds is 4. The highest BCUT2D eigenvalue weighted by molar-refractivity contribution is 6.00. The minimum absolute atomic E-state index is 0.0363. The highest BCUT2D eigenvalue weighted by Gasteiger charge is 2.46. The van der Waals surface area contributed by atoms with E-state index < -0.39 is 5.92 Å².